The second-order valence-corrected chi connectivity index (χ2v) is 5.98. The van der Waals surface area contributed by atoms with Crippen molar-refractivity contribution in [3.63, 3.8) is 0 Å². The largest absolute Gasteiger partial charge is 0.366 e. The van der Waals surface area contributed by atoms with E-state index in [1.807, 2.05) is 0 Å². The summed E-state index contributed by atoms with van der Waals surface area (Å²) in [4.78, 5) is 13.9. The van der Waals surface area contributed by atoms with Gasteiger partial charge in [0.2, 0.25) is 0 Å². The Morgan fingerprint density at radius 3 is 2.76 bits per heavy atom. The highest BCUT2D eigenvalue weighted by Gasteiger charge is 2.12. The first kappa shape index (κ1) is 13.4. The second-order valence-electron chi connectivity index (χ2n) is 3.79. The lowest BCUT2D eigenvalue weighted by molar-refractivity contribution is -0.384. The number of hydrogen-bond acceptors (Lipinski definition) is 6. The maximum Gasteiger partial charge on any atom is 0.274 e. The molecule has 0 aliphatic heterocycles. The fourth-order valence-corrected chi connectivity index (χ4v) is 2.35. The molecule has 0 spiro atoms. The predicted molar refractivity (Wildman–Crippen MR) is 63.7 cm³/mol. The molecule has 1 heterocycles. The first-order valence-electron chi connectivity index (χ1n) is 4.82. The van der Waals surface area contributed by atoms with Gasteiger partial charge in [0, 0.05) is 24.6 Å². The summed E-state index contributed by atoms with van der Waals surface area (Å²) >= 11 is 0. The summed E-state index contributed by atoms with van der Waals surface area (Å²) in [5, 5.41) is 13.3. The van der Waals surface area contributed by atoms with E-state index < -0.39 is 14.8 Å². The molecule has 0 saturated heterocycles. The van der Waals surface area contributed by atoms with E-state index in [1.165, 1.54) is 18.3 Å². The third-order valence-electron chi connectivity index (χ3n) is 1.90. The van der Waals surface area contributed by atoms with E-state index in [9.17, 15) is 18.5 Å². The maximum absolute atomic E-state index is 11.0. The number of nitrogens with one attached hydrogen (secondary N) is 1. The first-order valence-corrected chi connectivity index (χ1v) is 6.88. The molecule has 0 amide bonds. The topological polar surface area (TPSA) is 102 Å². The Balaban J connectivity index is 2.75. The van der Waals surface area contributed by atoms with Crippen molar-refractivity contribution in [3.05, 3.63) is 28.4 Å². The molecule has 8 heteroatoms. The van der Waals surface area contributed by atoms with Crippen molar-refractivity contribution in [1.82, 2.24) is 4.98 Å². The summed E-state index contributed by atoms with van der Waals surface area (Å²) in [5.41, 5.74) is -0.0888. The van der Waals surface area contributed by atoms with Crippen molar-refractivity contribution in [2.75, 3.05) is 17.3 Å². The molecule has 0 aromatic carbocycles. The minimum absolute atomic E-state index is 0.0582. The molecular formula is C9H13N3O4S. The van der Waals surface area contributed by atoms with Crippen molar-refractivity contribution in [2.45, 2.75) is 13.0 Å². The molecule has 0 aliphatic rings. The summed E-state index contributed by atoms with van der Waals surface area (Å²) in [7, 11) is -3.09. The van der Waals surface area contributed by atoms with Gasteiger partial charge in [0.1, 0.15) is 15.7 Å². The van der Waals surface area contributed by atoms with Crippen LogP contribution in [0, 0.1) is 10.1 Å². The van der Waals surface area contributed by atoms with Crippen LogP contribution in [0.15, 0.2) is 18.3 Å². The molecule has 17 heavy (non-hydrogen) atoms. The van der Waals surface area contributed by atoms with E-state index >= 15 is 0 Å². The van der Waals surface area contributed by atoms with Gasteiger partial charge in [0.25, 0.3) is 5.69 Å². The Hall–Kier alpha value is -1.70. The zero-order valence-electron chi connectivity index (χ0n) is 9.45. The molecule has 7 nitrogen and oxygen atoms in total. The fourth-order valence-electron chi connectivity index (χ4n) is 1.36. The molecule has 1 aromatic rings. The van der Waals surface area contributed by atoms with Crippen LogP contribution in [0.2, 0.25) is 0 Å². The summed E-state index contributed by atoms with van der Waals surface area (Å²) in [6.07, 6.45) is 2.43. The average molecular weight is 259 g/mol. The van der Waals surface area contributed by atoms with Crippen LogP contribution in [0.25, 0.3) is 0 Å². The van der Waals surface area contributed by atoms with Crippen LogP contribution in [0.3, 0.4) is 0 Å². The number of sulfone groups is 1. The minimum atomic E-state index is -3.09. The Kier molecular flexibility index (Phi) is 4.00. The maximum atomic E-state index is 11.0. The van der Waals surface area contributed by atoms with Gasteiger partial charge >= 0.3 is 0 Å². The van der Waals surface area contributed by atoms with Crippen molar-refractivity contribution in [1.29, 1.82) is 0 Å². The van der Waals surface area contributed by atoms with Crippen LogP contribution in [0.4, 0.5) is 11.5 Å². The van der Waals surface area contributed by atoms with E-state index in [2.05, 4.69) is 10.3 Å². The van der Waals surface area contributed by atoms with Crippen LogP contribution in [-0.2, 0) is 9.84 Å². The van der Waals surface area contributed by atoms with Gasteiger partial charge in [0.05, 0.1) is 16.7 Å². The molecule has 1 unspecified atom stereocenters. The molecule has 1 N–H and O–H groups in total. The van der Waals surface area contributed by atoms with E-state index in [0.717, 1.165) is 6.26 Å². The van der Waals surface area contributed by atoms with E-state index in [0.29, 0.717) is 0 Å². The van der Waals surface area contributed by atoms with Crippen LogP contribution in [-0.4, -0.2) is 36.4 Å². The fraction of sp³-hybridized carbons (Fsp3) is 0.444. The van der Waals surface area contributed by atoms with Gasteiger partial charge in [-0.2, -0.15) is 0 Å². The highest BCUT2D eigenvalue weighted by Crippen LogP contribution is 2.14. The monoisotopic (exact) mass is 259 g/mol. The lowest BCUT2D eigenvalue weighted by Gasteiger charge is -2.12. The number of rotatable bonds is 5. The van der Waals surface area contributed by atoms with Gasteiger partial charge in [-0.1, -0.05) is 0 Å². The molecule has 0 saturated carbocycles. The van der Waals surface area contributed by atoms with Crippen LogP contribution < -0.4 is 5.32 Å². The summed E-state index contributed by atoms with van der Waals surface area (Å²) in [6, 6.07) is 2.17. The minimum Gasteiger partial charge on any atom is -0.366 e. The van der Waals surface area contributed by atoms with Crippen LogP contribution in [0.1, 0.15) is 6.92 Å². The van der Waals surface area contributed by atoms with Gasteiger partial charge in [-0.25, -0.2) is 13.4 Å². The van der Waals surface area contributed by atoms with E-state index in [-0.39, 0.29) is 23.3 Å². The molecule has 0 fully saturated rings. The lowest BCUT2D eigenvalue weighted by Crippen LogP contribution is -2.25. The molecule has 0 aliphatic carbocycles. The molecule has 94 valence electrons. The van der Waals surface area contributed by atoms with Gasteiger partial charge < -0.3 is 5.32 Å². The molecule has 1 atom stereocenters. The average Bonchev–Trinajstić information content (AvgIpc) is 2.14. The van der Waals surface area contributed by atoms with Crippen LogP contribution in [0.5, 0.6) is 0 Å². The number of hydrogen-bond donors (Lipinski definition) is 1. The van der Waals surface area contributed by atoms with Crippen molar-refractivity contribution >= 4 is 21.3 Å². The smallest absolute Gasteiger partial charge is 0.274 e. The quantitative estimate of drug-likeness (QED) is 0.620. The molecular weight excluding hydrogens is 246 g/mol. The lowest BCUT2D eigenvalue weighted by atomic mass is 10.3. The third kappa shape index (κ3) is 4.77. The normalized spacial score (nSPS) is 13.1. The zero-order valence-corrected chi connectivity index (χ0v) is 10.3. The predicted octanol–water partition coefficient (Wildman–Crippen LogP) is 0.835. The Labute approximate surface area is 98.9 Å². The number of anilines is 1. The van der Waals surface area contributed by atoms with Crippen molar-refractivity contribution in [3.8, 4) is 0 Å². The highest BCUT2D eigenvalue weighted by atomic mass is 32.2. The van der Waals surface area contributed by atoms with Gasteiger partial charge in [0.15, 0.2) is 0 Å². The first-order chi connectivity index (χ1) is 7.78. The van der Waals surface area contributed by atoms with Crippen LogP contribution >= 0.6 is 0 Å². The van der Waals surface area contributed by atoms with Gasteiger partial charge in [-0.3, -0.25) is 10.1 Å². The number of nitrogens with zero attached hydrogens (tertiary/aromatic N) is 2. The van der Waals surface area contributed by atoms with Gasteiger partial charge in [-0.15, -0.1) is 0 Å². The third-order valence-corrected chi connectivity index (χ3v) is 3.01. The van der Waals surface area contributed by atoms with E-state index in [1.54, 1.807) is 6.92 Å². The van der Waals surface area contributed by atoms with Gasteiger partial charge in [-0.05, 0) is 6.92 Å². The summed E-state index contributed by atoms with van der Waals surface area (Å²) in [5.74, 6) is 0.229. The summed E-state index contributed by atoms with van der Waals surface area (Å²) < 4.78 is 22.1. The Morgan fingerprint density at radius 2 is 2.24 bits per heavy atom. The van der Waals surface area contributed by atoms with Crippen molar-refractivity contribution < 1.29 is 13.3 Å². The SMILES string of the molecule is CC(CS(C)(=O)=O)Nc1cc([N+](=O)[O-])ccn1. The zero-order chi connectivity index (χ0) is 13.1. The second kappa shape index (κ2) is 5.09. The Morgan fingerprint density at radius 1 is 1.59 bits per heavy atom. The molecule has 1 aromatic heterocycles. The Bertz CT molecular complexity index is 515. The summed E-state index contributed by atoms with van der Waals surface area (Å²) in [6.45, 7) is 1.67. The standard InChI is InChI=1S/C9H13N3O4S/c1-7(6-17(2,15)16)11-9-5-8(12(13)14)3-4-10-9/h3-5,7H,6H2,1-2H3,(H,10,11). The molecule has 0 radical (unpaired) electrons. The number of nitro groups is 1. The highest BCUT2D eigenvalue weighted by molar-refractivity contribution is 7.90. The molecule has 1 rings (SSSR count). The number of pyridine rings is 1. The van der Waals surface area contributed by atoms with E-state index in [4.69, 9.17) is 0 Å². The number of aromatic nitrogens is 1. The molecule has 0 bridgehead atoms. The van der Waals surface area contributed by atoms with Crippen molar-refractivity contribution in [2.24, 2.45) is 0 Å².